The van der Waals surface area contributed by atoms with Gasteiger partial charge in [-0.2, -0.15) is 0 Å². The molecule has 0 aliphatic heterocycles. The summed E-state index contributed by atoms with van der Waals surface area (Å²) in [5, 5.41) is 9.34. The van der Waals surface area contributed by atoms with E-state index in [2.05, 4.69) is 16.4 Å². The molecule has 0 fully saturated rings. The fourth-order valence-electron chi connectivity index (χ4n) is 2.92. The maximum absolute atomic E-state index is 5.86. The molecule has 6 heteroatoms. The van der Waals surface area contributed by atoms with Crippen molar-refractivity contribution in [3.63, 3.8) is 0 Å². The van der Waals surface area contributed by atoms with Crippen LogP contribution in [0.25, 0.3) is 26.5 Å². The number of aromatic nitrogens is 4. The third-order valence-corrected chi connectivity index (χ3v) is 5.43. The average Bonchev–Trinajstić information content (AvgIpc) is 3.40. The Kier molecular flexibility index (Phi) is 4.31. The Balaban J connectivity index is 1.27. The SMILES string of the molecule is c1ccc(-n2cc(COc3ccc(-c4nc5ccccc5s4)cc3)nn2)cc1. The second-order valence-electron chi connectivity index (χ2n) is 6.29. The molecule has 0 aliphatic carbocycles. The van der Waals surface area contributed by atoms with Crippen LogP contribution in [0.15, 0.2) is 85.1 Å². The van der Waals surface area contributed by atoms with Crippen LogP contribution in [0, 0.1) is 0 Å². The number of ether oxygens (including phenoxy) is 1. The predicted molar refractivity (Wildman–Crippen MR) is 111 cm³/mol. The standard InChI is InChI=1S/C22H16N4OS/c1-2-6-18(7-3-1)26-14-17(24-25-26)15-27-19-12-10-16(11-13-19)22-23-20-8-4-5-9-21(20)28-22/h1-14H,15H2. The maximum Gasteiger partial charge on any atom is 0.134 e. The molecule has 5 rings (SSSR count). The van der Waals surface area contributed by atoms with Crippen molar-refractivity contribution in [2.75, 3.05) is 0 Å². The minimum absolute atomic E-state index is 0.368. The van der Waals surface area contributed by atoms with Crippen LogP contribution in [-0.2, 0) is 6.61 Å². The van der Waals surface area contributed by atoms with Crippen LogP contribution < -0.4 is 4.74 Å². The van der Waals surface area contributed by atoms with Crippen LogP contribution in [0.5, 0.6) is 5.75 Å². The molecule has 0 unspecified atom stereocenters. The van der Waals surface area contributed by atoms with Crippen molar-refractivity contribution in [1.82, 2.24) is 20.0 Å². The lowest BCUT2D eigenvalue weighted by Crippen LogP contribution is -1.95. The summed E-state index contributed by atoms with van der Waals surface area (Å²) in [7, 11) is 0. The second-order valence-corrected chi connectivity index (χ2v) is 7.32. The molecule has 0 amide bonds. The quantitative estimate of drug-likeness (QED) is 0.422. The second kappa shape index (κ2) is 7.25. The molecule has 0 bridgehead atoms. The molecule has 0 saturated carbocycles. The molecule has 0 aliphatic rings. The van der Waals surface area contributed by atoms with E-state index in [1.54, 1.807) is 16.0 Å². The van der Waals surface area contributed by atoms with Gasteiger partial charge in [-0.05, 0) is 48.5 Å². The fraction of sp³-hybridized carbons (Fsp3) is 0.0455. The Labute approximate surface area is 165 Å². The third-order valence-electron chi connectivity index (χ3n) is 4.34. The maximum atomic E-state index is 5.86. The summed E-state index contributed by atoms with van der Waals surface area (Å²) in [6, 6.07) is 26.1. The van der Waals surface area contributed by atoms with E-state index in [1.807, 2.05) is 79.0 Å². The lowest BCUT2D eigenvalue weighted by molar-refractivity contribution is 0.301. The Morgan fingerprint density at radius 1 is 0.857 bits per heavy atom. The first kappa shape index (κ1) is 16.6. The number of benzene rings is 3. The minimum Gasteiger partial charge on any atom is -0.487 e. The van der Waals surface area contributed by atoms with E-state index < -0.39 is 0 Å². The summed E-state index contributed by atoms with van der Waals surface area (Å²) in [5.74, 6) is 0.791. The van der Waals surface area contributed by atoms with Crippen LogP contribution in [-0.4, -0.2) is 20.0 Å². The van der Waals surface area contributed by atoms with Crippen LogP contribution in [0.4, 0.5) is 0 Å². The molecule has 0 radical (unpaired) electrons. The van der Waals surface area contributed by atoms with Gasteiger partial charge in [0.05, 0.1) is 22.1 Å². The lowest BCUT2D eigenvalue weighted by Gasteiger charge is -2.04. The van der Waals surface area contributed by atoms with Gasteiger partial charge in [0.15, 0.2) is 0 Å². The molecule has 0 atom stereocenters. The molecule has 0 N–H and O–H groups in total. The zero-order valence-corrected chi connectivity index (χ0v) is 15.7. The van der Waals surface area contributed by atoms with E-state index in [1.165, 1.54) is 4.70 Å². The summed E-state index contributed by atoms with van der Waals surface area (Å²) < 4.78 is 8.80. The van der Waals surface area contributed by atoms with Gasteiger partial charge in [-0.15, -0.1) is 16.4 Å². The van der Waals surface area contributed by atoms with E-state index >= 15 is 0 Å². The van der Waals surface area contributed by atoms with Gasteiger partial charge in [0, 0.05) is 5.56 Å². The van der Waals surface area contributed by atoms with Gasteiger partial charge in [0.2, 0.25) is 0 Å². The molecule has 3 aromatic carbocycles. The number of rotatable bonds is 5. The zero-order chi connectivity index (χ0) is 18.8. The van der Waals surface area contributed by atoms with Crippen molar-refractivity contribution in [2.45, 2.75) is 6.61 Å². The number of para-hydroxylation sites is 2. The highest BCUT2D eigenvalue weighted by atomic mass is 32.1. The number of fused-ring (bicyclic) bond motifs is 1. The fourth-order valence-corrected chi connectivity index (χ4v) is 3.89. The molecule has 0 saturated heterocycles. The largest absolute Gasteiger partial charge is 0.487 e. The van der Waals surface area contributed by atoms with Gasteiger partial charge in [0.25, 0.3) is 0 Å². The molecule has 2 aromatic heterocycles. The Hall–Kier alpha value is -3.51. The van der Waals surface area contributed by atoms with Crippen LogP contribution in [0.3, 0.4) is 0 Å². The summed E-state index contributed by atoms with van der Waals surface area (Å²) in [6.07, 6.45) is 1.88. The number of hydrogen-bond acceptors (Lipinski definition) is 5. The first-order valence-electron chi connectivity index (χ1n) is 8.91. The van der Waals surface area contributed by atoms with E-state index in [0.717, 1.165) is 33.2 Å². The molecular formula is C22H16N4OS. The van der Waals surface area contributed by atoms with E-state index in [0.29, 0.717) is 6.61 Å². The first-order chi connectivity index (χ1) is 13.8. The summed E-state index contributed by atoms with van der Waals surface area (Å²) in [4.78, 5) is 4.69. The van der Waals surface area contributed by atoms with Crippen molar-refractivity contribution in [1.29, 1.82) is 0 Å². The van der Waals surface area contributed by atoms with Gasteiger partial charge >= 0.3 is 0 Å². The number of hydrogen-bond donors (Lipinski definition) is 0. The minimum atomic E-state index is 0.368. The average molecular weight is 384 g/mol. The third kappa shape index (κ3) is 3.37. The highest BCUT2D eigenvalue weighted by molar-refractivity contribution is 7.21. The predicted octanol–water partition coefficient (Wildman–Crippen LogP) is 5.12. The highest BCUT2D eigenvalue weighted by Gasteiger charge is 2.07. The van der Waals surface area contributed by atoms with Gasteiger partial charge < -0.3 is 4.74 Å². The molecular weight excluding hydrogens is 368 g/mol. The normalized spacial score (nSPS) is 11.0. The monoisotopic (exact) mass is 384 g/mol. The number of thiazole rings is 1. The molecule has 136 valence electrons. The summed E-state index contributed by atoms with van der Waals surface area (Å²) in [6.45, 7) is 0.368. The van der Waals surface area contributed by atoms with Gasteiger partial charge in [-0.1, -0.05) is 35.5 Å². The van der Waals surface area contributed by atoms with Crippen LogP contribution in [0.2, 0.25) is 0 Å². The van der Waals surface area contributed by atoms with Gasteiger partial charge in [-0.3, -0.25) is 0 Å². The van der Waals surface area contributed by atoms with E-state index in [9.17, 15) is 0 Å². The molecule has 5 nitrogen and oxygen atoms in total. The molecule has 0 spiro atoms. The summed E-state index contributed by atoms with van der Waals surface area (Å²) in [5.41, 5.74) is 3.87. The lowest BCUT2D eigenvalue weighted by atomic mass is 10.2. The Bertz CT molecular complexity index is 1180. The van der Waals surface area contributed by atoms with E-state index in [-0.39, 0.29) is 0 Å². The van der Waals surface area contributed by atoms with Gasteiger partial charge in [0.1, 0.15) is 23.1 Å². The highest BCUT2D eigenvalue weighted by Crippen LogP contribution is 2.30. The Morgan fingerprint density at radius 2 is 1.64 bits per heavy atom. The van der Waals surface area contributed by atoms with E-state index in [4.69, 9.17) is 9.72 Å². The zero-order valence-electron chi connectivity index (χ0n) is 14.9. The molecule has 5 aromatic rings. The van der Waals surface area contributed by atoms with Crippen molar-refractivity contribution in [3.8, 4) is 22.0 Å². The van der Waals surface area contributed by atoms with Gasteiger partial charge in [-0.25, -0.2) is 9.67 Å². The summed E-state index contributed by atoms with van der Waals surface area (Å²) >= 11 is 1.69. The molecule has 2 heterocycles. The Morgan fingerprint density at radius 3 is 2.46 bits per heavy atom. The van der Waals surface area contributed by atoms with Crippen LogP contribution in [0.1, 0.15) is 5.69 Å². The number of nitrogens with zero attached hydrogens (tertiary/aromatic N) is 4. The van der Waals surface area contributed by atoms with Crippen molar-refractivity contribution in [2.24, 2.45) is 0 Å². The van der Waals surface area contributed by atoms with Crippen molar-refractivity contribution < 1.29 is 4.74 Å². The molecule has 28 heavy (non-hydrogen) atoms. The van der Waals surface area contributed by atoms with Crippen LogP contribution >= 0.6 is 11.3 Å². The first-order valence-corrected chi connectivity index (χ1v) is 9.72. The van der Waals surface area contributed by atoms with Crippen molar-refractivity contribution >= 4 is 21.6 Å². The topological polar surface area (TPSA) is 52.8 Å². The smallest absolute Gasteiger partial charge is 0.134 e. The van der Waals surface area contributed by atoms with Crippen molar-refractivity contribution in [3.05, 3.63) is 90.8 Å².